The first kappa shape index (κ1) is 36.2. The molecule has 3 heterocycles. The quantitative estimate of drug-likeness (QED) is 0.162. The van der Waals surface area contributed by atoms with Crippen LogP contribution in [0, 0.1) is 0 Å². The summed E-state index contributed by atoms with van der Waals surface area (Å²) in [7, 11) is 0. The van der Waals surface area contributed by atoms with Gasteiger partial charge in [0.25, 0.3) is 0 Å². The van der Waals surface area contributed by atoms with Crippen LogP contribution in [0.2, 0.25) is 0 Å². The molecule has 4 heteroatoms. The molecule has 0 unspecified atom stereocenters. The SMILES string of the molecule is c1ccc(-c2ccc(-c3cc(-c4ccc5nc(-c6ccccc6)c6ccc7c(c6c5c4)Oc4ccccc4C74c5ccccc5-c5ccccc54)nc(-c4ccccc4)n3)cc2)cc1. The summed E-state index contributed by atoms with van der Waals surface area (Å²) in [5, 5.41) is 3.04. The summed E-state index contributed by atoms with van der Waals surface area (Å²) in [5.74, 6) is 2.36. The van der Waals surface area contributed by atoms with E-state index in [4.69, 9.17) is 19.7 Å². The van der Waals surface area contributed by atoms with Crippen LogP contribution in [0.4, 0.5) is 0 Å². The Hall–Kier alpha value is -8.47. The number of para-hydroxylation sites is 1. The first-order chi connectivity index (χ1) is 31.7. The molecule has 0 fully saturated rings. The van der Waals surface area contributed by atoms with Crippen LogP contribution >= 0.6 is 0 Å². The molecule has 64 heavy (non-hydrogen) atoms. The van der Waals surface area contributed by atoms with Gasteiger partial charge < -0.3 is 4.74 Å². The maximum atomic E-state index is 7.29. The monoisotopic (exact) mass is 815 g/mol. The minimum atomic E-state index is -0.603. The van der Waals surface area contributed by atoms with Crippen molar-refractivity contribution in [2.75, 3.05) is 0 Å². The Labute approximate surface area is 370 Å². The Morgan fingerprint density at radius 1 is 0.344 bits per heavy atom. The van der Waals surface area contributed by atoms with E-state index in [-0.39, 0.29) is 0 Å². The summed E-state index contributed by atoms with van der Waals surface area (Å²) in [4.78, 5) is 15.9. The van der Waals surface area contributed by atoms with Crippen LogP contribution in [0.1, 0.15) is 22.3 Å². The molecule has 9 aromatic carbocycles. The first-order valence-electron chi connectivity index (χ1n) is 21.8. The molecule has 1 aliphatic heterocycles. The van der Waals surface area contributed by atoms with Crippen LogP contribution in [0.15, 0.2) is 224 Å². The number of pyridine rings is 1. The van der Waals surface area contributed by atoms with E-state index in [1.54, 1.807) is 0 Å². The van der Waals surface area contributed by atoms with Gasteiger partial charge in [-0.05, 0) is 57.6 Å². The van der Waals surface area contributed by atoms with Gasteiger partial charge in [0.05, 0.1) is 28.0 Å². The zero-order valence-electron chi connectivity index (χ0n) is 34.6. The standard InChI is InChI=1S/C60H37N3O/c1-4-16-38(17-5-1)39-28-30-40(31-29-39)53-37-54(63-59(62-53)42-20-8-3-9-21-42)43-32-35-52-47(36-43)56-46(57(61-52)41-18-6-2-7-19-41)33-34-51-58(56)64-55-27-15-14-26-50(55)60(51)48-24-12-10-22-44(48)45-23-11-13-25-49(45)60/h1-37H. The van der Waals surface area contributed by atoms with Gasteiger partial charge in [0.1, 0.15) is 11.5 Å². The van der Waals surface area contributed by atoms with Gasteiger partial charge in [0.2, 0.25) is 0 Å². The summed E-state index contributed by atoms with van der Waals surface area (Å²) in [6.45, 7) is 0. The largest absolute Gasteiger partial charge is 0.456 e. The van der Waals surface area contributed by atoms with Gasteiger partial charge in [-0.15, -0.1) is 0 Å². The van der Waals surface area contributed by atoms with Crippen molar-refractivity contribution >= 4 is 21.7 Å². The summed E-state index contributed by atoms with van der Waals surface area (Å²) < 4.78 is 7.29. The van der Waals surface area contributed by atoms with Crippen molar-refractivity contribution in [2.24, 2.45) is 0 Å². The molecule has 0 saturated carbocycles. The predicted octanol–water partition coefficient (Wildman–Crippen LogP) is 15.0. The minimum Gasteiger partial charge on any atom is -0.456 e. The fraction of sp³-hybridized carbons (Fsp3) is 0.0167. The number of fused-ring (bicyclic) bond motifs is 13. The van der Waals surface area contributed by atoms with E-state index in [1.165, 1.54) is 27.8 Å². The Kier molecular flexibility index (Phi) is 8.09. The molecule has 0 atom stereocenters. The number of benzene rings is 9. The van der Waals surface area contributed by atoms with Crippen LogP contribution in [0.25, 0.3) is 89.1 Å². The highest BCUT2D eigenvalue weighted by molar-refractivity contribution is 6.16. The third-order valence-electron chi connectivity index (χ3n) is 13.2. The van der Waals surface area contributed by atoms with E-state index in [1.807, 2.05) is 24.3 Å². The Morgan fingerprint density at radius 3 is 1.56 bits per heavy atom. The lowest BCUT2D eigenvalue weighted by atomic mass is 9.65. The highest BCUT2D eigenvalue weighted by atomic mass is 16.5. The van der Waals surface area contributed by atoms with Gasteiger partial charge in [-0.3, -0.25) is 0 Å². The highest BCUT2D eigenvalue weighted by Gasteiger charge is 2.51. The Balaban J connectivity index is 1.08. The summed E-state index contributed by atoms with van der Waals surface area (Å²) >= 11 is 0. The number of nitrogens with zero attached hydrogens (tertiary/aromatic N) is 3. The number of aromatic nitrogens is 3. The maximum Gasteiger partial charge on any atom is 0.160 e. The zero-order valence-corrected chi connectivity index (χ0v) is 34.6. The molecule has 2 aliphatic rings. The van der Waals surface area contributed by atoms with Crippen LogP contribution in [-0.2, 0) is 5.41 Å². The zero-order chi connectivity index (χ0) is 42.2. The van der Waals surface area contributed by atoms with Crippen LogP contribution in [-0.4, -0.2) is 15.0 Å². The van der Waals surface area contributed by atoms with Crippen molar-refractivity contribution in [1.29, 1.82) is 0 Å². The molecular formula is C60H37N3O. The lowest BCUT2D eigenvalue weighted by Crippen LogP contribution is -2.32. The molecule has 1 aliphatic carbocycles. The molecule has 11 aromatic rings. The number of hydrogen-bond acceptors (Lipinski definition) is 4. The lowest BCUT2D eigenvalue weighted by molar-refractivity contribution is 0.442. The molecule has 0 N–H and O–H groups in total. The van der Waals surface area contributed by atoms with Crippen LogP contribution in [0.5, 0.6) is 11.5 Å². The van der Waals surface area contributed by atoms with Crippen molar-refractivity contribution in [3.63, 3.8) is 0 Å². The van der Waals surface area contributed by atoms with Gasteiger partial charge in [-0.2, -0.15) is 0 Å². The van der Waals surface area contributed by atoms with E-state index < -0.39 is 5.41 Å². The van der Waals surface area contributed by atoms with Crippen molar-refractivity contribution < 1.29 is 4.74 Å². The smallest absolute Gasteiger partial charge is 0.160 e. The van der Waals surface area contributed by atoms with Gasteiger partial charge >= 0.3 is 0 Å². The second-order valence-electron chi connectivity index (χ2n) is 16.6. The van der Waals surface area contributed by atoms with E-state index in [2.05, 4.69) is 200 Å². The molecule has 13 rings (SSSR count). The molecule has 298 valence electrons. The fourth-order valence-electron chi connectivity index (χ4n) is 10.3. The van der Waals surface area contributed by atoms with Gasteiger partial charge in [-0.1, -0.05) is 200 Å². The van der Waals surface area contributed by atoms with Crippen molar-refractivity contribution in [3.8, 4) is 78.9 Å². The third kappa shape index (κ3) is 5.46. The normalized spacial score (nSPS) is 12.9. The molecule has 1 spiro atoms. The molecular weight excluding hydrogens is 779 g/mol. The Bertz CT molecular complexity index is 3580. The second kappa shape index (κ2) is 14.3. The first-order valence-corrected chi connectivity index (χ1v) is 21.8. The number of rotatable bonds is 5. The molecule has 0 amide bonds. The lowest BCUT2D eigenvalue weighted by Gasteiger charge is -2.40. The number of ether oxygens (including phenoxy) is 1. The number of hydrogen-bond donors (Lipinski definition) is 0. The Morgan fingerprint density at radius 2 is 0.875 bits per heavy atom. The third-order valence-corrected chi connectivity index (χ3v) is 13.2. The molecule has 0 bridgehead atoms. The van der Waals surface area contributed by atoms with Crippen molar-refractivity contribution in [3.05, 3.63) is 247 Å². The van der Waals surface area contributed by atoms with E-state index >= 15 is 0 Å². The summed E-state index contributed by atoms with van der Waals surface area (Å²) in [6.07, 6.45) is 0. The van der Waals surface area contributed by atoms with Crippen LogP contribution < -0.4 is 4.74 Å². The molecule has 2 aromatic heterocycles. The summed E-state index contributed by atoms with van der Waals surface area (Å²) in [5.41, 5.74) is 16.4. The topological polar surface area (TPSA) is 47.9 Å². The van der Waals surface area contributed by atoms with Gasteiger partial charge in [0, 0.05) is 49.5 Å². The van der Waals surface area contributed by atoms with E-state index in [0.717, 1.165) is 89.2 Å². The molecule has 4 nitrogen and oxygen atoms in total. The summed E-state index contributed by atoms with van der Waals surface area (Å²) in [6, 6.07) is 79.4. The second-order valence-corrected chi connectivity index (χ2v) is 16.6. The van der Waals surface area contributed by atoms with Crippen LogP contribution in [0.3, 0.4) is 0 Å². The maximum absolute atomic E-state index is 7.29. The van der Waals surface area contributed by atoms with Gasteiger partial charge in [-0.25, -0.2) is 15.0 Å². The van der Waals surface area contributed by atoms with E-state index in [9.17, 15) is 0 Å². The molecule has 0 radical (unpaired) electrons. The predicted molar refractivity (Wildman–Crippen MR) is 259 cm³/mol. The molecule has 0 saturated heterocycles. The van der Waals surface area contributed by atoms with Crippen molar-refractivity contribution in [2.45, 2.75) is 5.41 Å². The average Bonchev–Trinajstić information content (AvgIpc) is 3.67. The fourth-order valence-corrected chi connectivity index (χ4v) is 10.3. The highest BCUT2D eigenvalue weighted by Crippen LogP contribution is 2.63. The minimum absolute atomic E-state index is 0.603. The van der Waals surface area contributed by atoms with Gasteiger partial charge in [0.15, 0.2) is 5.82 Å². The van der Waals surface area contributed by atoms with E-state index in [0.29, 0.717) is 5.82 Å². The van der Waals surface area contributed by atoms with Crippen molar-refractivity contribution in [1.82, 2.24) is 15.0 Å². The average molecular weight is 816 g/mol.